The van der Waals surface area contributed by atoms with Gasteiger partial charge in [-0.1, -0.05) is 13.8 Å². The van der Waals surface area contributed by atoms with E-state index in [1.165, 1.54) is 0 Å². The van der Waals surface area contributed by atoms with E-state index in [-0.39, 0.29) is 0 Å². The highest BCUT2D eigenvalue weighted by molar-refractivity contribution is 9.10. The van der Waals surface area contributed by atoms with Gasteiger partial charge in [0.2, 0.25) is 0 Å². The first-order chi connectivity index (χ1) is 8.58. The van der Waals surface area contributed by atoms with Gasteiger partial charge in [0.25, 0.3) is 0 Å². The van der Waals surface area contributed by atoms with Gasteiger partial charge in [0, 0.05) is 43.0 Å². The molecular weight excluding hydrogens is 294 g/mol. The van der Waals surface area contributed by atoms with E-state index in [2.05, 4.69) is 39.7 Å². The average Bonchev–Trinajstić information content (AvgIpc) is 2.34. The number of hydrogen-bond donors (Lipinski definition) is 1. The van der Waals surface area contributed by atoms with Crippen LogP contribution in [0.2, 0.25) is 0 Å². The van der Waals surface area contributed by atoms with Gasteiger partial charge in [-0.05, 0) is 27.9 Å². The summed E-state index contributed by atoms with van der Waals surface area (Å²) < 4.78 is 6.12. The largest absolute Gasteiger partial charge is 0.383 e. The summed E-state index contributed by atoms with van der Waals surface area (Å²) in [5.41, 5.74) is 6.85. The summed E-state index contributed by atoms with van der Waals surface area (Å²) in [6, 6.07) is 2.03. The molecule has 1 heterocycles. The Kier molecular flexibility index (Phi) is 6.60. The molecule has 0 unspecified atom stereocenters. The third kappa shape index (κ3) is 4.55. The molecule has 2 N–H and O–H groups in total. The first-order valence-corrected chi connectivity index (χ1v) is 6.96. The van der Waals surface area contributed by atoms with E-state index in [0.29, 0.717) is 19.1 Å². The second-order valence-electron chi connectivity index (χ2n) is 4.67. The number of rotatable bonds is 7. The Morgan fingerprint density at radius 1 is 1.50 bits per heavy atom. The fraction of sp³-hybridized carbons (Fsp3) is 0.615. The van der Waals surface area contributed by atoms with Crippen LogP contribution in [0.5, 0.6) is 0 Å². The van der Waals surface area contributed by atoms with Crippen LogP contribution in [-0.2, 0) is 11.3 Å². The molecule has 1 aromatic heterocycles. The maximum atomic E-state index is 5.80. The van der Waals surface area contributed by atoms with E-state index >= 15 is 0 Å². The van der Waals surface area contributed by atoms with E-state index in [1.54, 1.807) is 7.11 Å². The molecule has 5 heteroatoms. The second kappa shape index (κ2) is 7.71. The quantitative estimate of drug-likeness (QED) is 0.839. The molecule has 0 aliphatic carbocycles. The summed E-state index contributed by atoms with van der Waals surface area (Å²) in [5.74, 6) is 1.53. The van der Waals surface area contributed by atoms with Gasteiger partial charge in [0.05, 0.1) is 6.61 Å². The molecule has 0 saturated carbocycles. The Hall–Kier alpha value is -0.650. The van der Waals surface area contributed by atoms with Gasteiger partial charge in [-0.3, -0.25) is 0 Å². The van der Waals surface area contributed by atoms with Crippen molar-refractivity contribution in [1.82, 2.24) is 4.98 Å². The minimum absolute atomic E-state index is 0.489. The van der Waals surface area contributed by atoms with Gasteiger partial charge in [-0.25, -0.2) is 4.98 Å². The molecule has 1 aromatic rings. The van der Waals surface area contributed by atoms with Crippen molar-refractivity contribution in [2.24, 2.45) is 11.7 Å². The molecule has 0 bridgehead atoms. The molecule has 0 aliphatic rings. The highest BCUT2D eigenvalue weighted by atomic mass is 79.9. The third-order valence-electron chi connectivity index (χ3n) is 2.58. The lowest BCUT2D eigenvalue weighted by atomic mass is 10.2. The molecule has 0 radical (unpaired) electrons. The van der Waals surface area contributed by atoms with E-state index in [4.69, 9.17) is 10.5 Å². The normalized spacial score (nSPS) is 11.0. The van der Waals surface area contributed by atoms with Crippen LogP contribution in [0.15, 0.2) is 16.7 Å². The van der Waals surface area contributed by atoms with Crippen molar-refractivity contribution < 1.29 is 4.74 Å². The fourth-order valence-electron chi connectivity index (χ4n) is 1.83. The Labute approximate surface area is 118 Å². The summed E-state index contributed by atoms with van der Waals surface area (Å²) >= 11 is 3.43. The zero-order chi connectivity index (χ0) is 13.5. The predicted molar refractivity (Wildman–Crippen MR) is 78.8 cm³/mol. The van der Waals surface area contributed by atoms with Gasteiger partial charge >= 0.3 is 0 Å². The van der Waals surface area contributed by atoms with E-state index in [0.717, 1.165) is 28.9 Å². The number of pyridine rings is 1. The predicted octanol–water partition coefficient (Wildman–Crippen LogP) is 2.41. The monoisotopic (exact) mass is 315 g/mol. The van der Waals surface area contributed by atoms with E-state index in [1.807, 2.05) is 12.3 Å². The molecule has 0 spiro atoms. The number of halogens is 1. The van der Waals surface area contributed by atoms with Crippen molar-refractivity contribution in [1.29, 1.82) is 0 Å². The standard InChI is InChI=1S/C13H22BrN3O/c1-10(2)9-17(4-5-18-3)13-11(7-15)6-12(14)8-16-13/h6,8,10H,4-5,7,9,15H2,1-3H3. The van der Waals surface area contributed by atoms with Crippen molar-refractivity contribution in [3.05, 3.63) is 22.3 Å². The number of anilines is 1. The van der Waals surface area contributed by atoms with Crippen molar-refractivity contribution >= 4 is 21.7 Å². The molecule has 4 nitrogen and oxygen atoms in total. The Balaban J connectivity index is 2.95. The number of ether oxygens (including phenoxy) is 1. The summed E-state index contributed by atoms with van der Waals surface area (Å²) in [7, 11) is 1.71. The highest BCUT2D eigenvalue weighted by Gasteiger charge is 2.13. The number of methoxy groups -OCH3 is 1. The Bertz CT molecular complexity index is 371. The first-order valence-electron chi connectivity index (χ1n) is 6.16. The molecule has 0 fully saturated rings. The topological polar surface area (TPSA) is 51.4 Å². The molecule has 0 amide bonds. The van der Waals surface area contributed by atoms with Gasteiger partial charge in [0.1, 0.15) is 5.82 Å². The van der Waals surface area contributed by atoms with Crippen molar-refractivity contribution in [3.8, 4) is 0 Å². The average molecular weight is 316 g/mol. The summed E-state index contributed by atoms with van der Waals surface area (Å²) in [6.07, 6.45) is 1.81. The summed E-state index contributed by atoms with van der Waals surface area (Å²) in [5, 5.41) is 0. The molecular formula is C13H22BrN3O. The zero-order valence-electron chi connectivity index (χ0n) is 11.3. The molecule has 18 heavy (non-hydrogen) atoms. The van der Waals surface area contributed by atoms with E-state index < -0.39 is 0 Å². The minimum Gasteiger partial charge on any atom is -0.383 e. The van der Waals surface area contributed by atoms with Crippen LogP contribution in [-0.4, -0.2) is 31.8 Å². The van der Waals surface area contributed by atoms with Gasteiger partial charge < -0.3 is 15.4 Å². The maximum Gasteiger partial charge on any atom is 0.133 e. The van der Waals surface area contributed by atoms with Crippen LogP contribution in [0.3, 0.4) is 0 Å². The lowest BCUT2D eigenvalue weighted by Gasteiger charge is -2.27. The first kappa shape index (κ1) is 15.4. The van der Waals surface area contributed by atoms with Gasteiger partial charge in [0.15, 0.2) is 0 Å². The SMILES string of the molecule is COCCN(CC(C)C)c1ncc(Br)cc1CN. The van der Waals surface area contributed by atoms with Crippen LogP contribution in [0.25, 0.3) is 0 Å². The number of hydrogen-bond acceptors (Lipinski definition) is 4. The molecule has 0 atom stereocenters. The summed E-state index contributed by atoms with van der Waals surface area (Å²) in [6.45, 7) is 7.35. The smallest absolute Gasteiger partial charge is 0.133 e. The highest BCUT2D eigenvalue weighted by Crippen LogP contribution is 2.22. The lowest BCUT2D eigenvalue weighted by Crippen LogP contribution is -2.32. The number of nitrogens with zero attached hydrogens (tertiary/aromatic N) is 2. The number of nitrogens with two attached hydrogens (primary N) is 1. The van der Waals surface area contributed by atoms with Crippen LogP contribution < -0.4 is 10.6 Å². The van der Waals surface area contributed by atoms with Crippen LogP contribution >= 0.6 is 15.9 Å². The van der Waals surface area contributed by atoms with Gasteiger partial charge in [-0.2, -0.15) is 0 Å². The molecule has 102 valence electrons. The van der Waals surface area contributed by atoms with Crippen molar-refractivity contribution in [3.63, 3.8) is 0 Å². The lowest BCUT2D eigenvalue weighted by molar-refractivity contribution is 0.204. The molecule has 0 aromatic carbocycles. The molecule has 0 aliphatic heterocycles. The van der Waals surface area contributed by atoms with Crippen LogP contribution in [0.1, 0.15) is 19.4 Å². The van der Waals surface area contributed by atoms with Crippen LogP contribution in [0, 0.1) is 5.92 Å². The zero-order valence-corrected chi connectivity index (χ0v) is 12.9. The van der Waals surface area contributed by atoms with Gasteiger partial charge in [-0.15, -0.1) is 0 Å². The third-order valence-corrected chi connectivity index (χ3v) is 3.01. The van der Waals surface area contributed by atoms with Crippen LogP contribution in [0.4, 0.5) is 5.82 Å². The molecule has 0 saturated heterocycles. The van der Waals surface area contributed by atoms with Crippen molar-refractivity contribution in [2.45, 2.75) is 20.4 Å². The fourth-order valence-corrected chi connectivity index (χ4v) is 2.21. The van der Waals surface area contributed by atoms with Crippen molar-refractivity contribution in [2.75, 3.05) is 31.7 Å². The number of aromatic nitrogens is 1. The second-order valence-corrected chi connectivity index (χ2v) is 5.59. The summed E-state index contributed by atoms with van der Waals surface area (Å²) in [4.78, 5) is 6.74. The molecule has 1 rings (SSSR count). The minimum atomic E-state index is 0.489. The van der Waals surface area contributed by atoms with E-state index in [9.17, 15) is 0 Å². The Morgan fingerprint density at radius 2 is 2.22 bits per heavy atom. The Morgan fingerprint density at radius 3 is 2.78 bits per heavy atom. The maximum absolute atomic E-state index is 5.80.